The zero-order valence-corrected chi connectivity index (χ0v) is 13.4. The number of nitrogens with zero attached hydrogens (tertiary/aromatic N) is 2. The van der Waals surface area contributed by atoms with Crippen LogP contribution < -0.4 is 10.6 Å². The van der Waals surface area contributed by atoms with Gasteiger partial charge in [0.1, 0.15) is 0 Å². The Labute approximate surface area is 126 Å². The molecule has 5 nitrogen and oxygen atoms in total. The molecule has 2 fully saturated rings. The third-order valence-corrected chi connectivity index (χ3v) is 6.09. The van der Waals surface area contributed by atoms with Gasteiger partial charge in [0.25, 0.3) is 0 Å². The van der Waals surface area contributed by atoms with E-state index in [-0.39, 0.29) is 4.90 Å². The minimum absolute atomic E-state index is 0.239. The molecule has 0 aromatic heterocycles. The lowest BCUT2D eigenvalue weighted by Crippen LogP contribution is -2.37. The first-order valence-corrected chi connectivity index (χ1v) is 9.32. The van der Waals surface area contributed by atoms with Crippen LogP contribution in [0.25, 0.3) is 0 Å². The SMILES string of the molecule is CN1C2CCC1CN(c1cccc(S(C)(=O)=O)c1N)CC2. The number of nitrogens with two attached hydrogens (primary N) is 1. The molecule has 2 aliphatic heterocycles. The van der Waals surface area contributed by atoms with E-state index in [0.717, 1.165) is 25.2 Å². The van der Waals surface area contributed by atoms with E-state index in [4.69, 9.17) is 5.73 Å². The van der Waals surface area contributed by atoms with Crippen molar-refractivity contribution in [1.82, 2.24) is 4.90 Å². The van der Waals surface area contributed by atoms with Gasteiger partial charge in [-0.25, -0.2) is 8.42 Å². The van der Waals surface area contributed by atoms with Gasteiger partial charge in [-0.2, -0.15) is 0 Å². The van der Waals surface area contributed by atoms with Crippen LogP contribution in [-0.4, -0.2) is 51.8 Å². The number of anilines is 2. The Hall–Kier alpha value is -1.27. The van der Waals surface area contributed by atoms with Gasteiger partial charge in [-0.3, -0.25) is 4.90 Å². The summed E-state index contributed by atoms with van der Waals surface area (Å²) in [6, 6.07) is 6.50. The van der Waals surface area contributed by atoms with Crippen molar-refractivity contribution < 1.29 is 8.42 Å². The average molecular weight is 309 g/mol. The third kappa shape index (κ3) is 2.62. The minimum atomic E-state index is -3.29. The molecule has 0 saturated carbocycles. The molecule has 0 radical (unpaired) electrons. The van der Waals surface area contributed by atoms with Gasteiger partial charge in [0, 0.05) is 31.4 Å². The number of benzene rings is 1. The Balaban J connectivity index is 1.94. The maximum atomic E-state index is 11.8. The quantitative estimate of drug-likeness (QED) is 0.835. The van der Waals surface area contributed by atoms with Crippen LogP contribution in [0.2, 0.25) is 0 Å². The zero-order valence-electron chi connectivity index (χ0n) is 12.6. The van der Waals surface area contributed by atoms with E-state index in [9.17, 15) is 8.42 Å². The van der Waals surface area contributed by atoms with Crippen molar-refractivity contribution in [3.05, 3.63) is 18.2 Å². The molecule has 2 unspecified atom stereocenters. The number of fused-ring (bicyclic) bond motifs is 2. The lowest BCUT2D eigenvalue weighted by atomic mass is 10.1. The Morgan fingerprint density at radius 2 is 1.90 bits per heavy atom. The molecule has 1 aromatic rings. The first kappa shape index (κ1) is 14.7. The second-order valence-corrected chi connectivity index (χ2v) is 8.23. The van der Waals surface area contributed by atoms with E-state index >= 15 is 0 Å². The smallest absolute Gasteiger partial charge is 0.177 e. The molecular formula is C15H23N3O2S. The van der Waals surface area contributed by atoms with Gasteiger partial charge in [0.2, 0.25) is 0 Å². The van der Waals surface area contributed by atoms with Crippen molar-refractivity contribution in [3.8, 4) is 0 Å². The number of nitrogen functional groups attached to an aromatic ring is 1. The highest BCUT2D eigenvalue weighted by atomic mass is 32.2. The number of rotatable bonds is 2. The zero-order chi connectivity index (χ0) is 15.2. The number of sulfone groups is 1. The molecular weight excluding hydrogens is 286 g/mol. The van der Waals surface area contributed by atoms with Crippen molar-refractivity contribution in [2.75, 3.05) is 37.0 Å². The molecule has 1 aromatic carbocycles. The number of likely N-dealkylation sites (N-methyl/N-ethyl adjacent to an activating group) is 1. The van der Waals surface area contributed by atoms with Gasteiger partial charge in [0.05, 0.1) is 16.3 Å². The molecule has 2 atom stereocenters. The molecule has 0 amide bonds. The fraction of sp³-hybridized carbons (Fsp3) is 0.600. The molecule has 2 N–H and O–H groups in total. The van der Waals surface area contributed by atoms with Crippen LogP contribution in [0.1, 0.15) is 19.3 Å². The van der Waals surface area contributed by atoms with Crippen LogP contribution in [0.4, 0.5) is 11.4 Å². The molecule has 116 valence electrons. The highest BCUT2D eigenvalue weighted by Gasteiger charge is 2.35. The van der Waals surface area contributed by atoms with Crippen LogP contribution in [0.3, 0.4) is 0 Å². The maximum absolute atomic E-state index is 11.8. The number of para-hydroxylation sites is 1. The van der Waals surface area contributed by atoms with Gasteiger partial charge in [-0.15, -0.1) is 0 Å². The van der Waals surface area contributed by atoms with Crippen molar-refractivity contribution in [2.24, 2.45) is 0 Å². The van der Waals surface area contributed by atoms with E-state index in [2.05, 4.69) is 16.8 Å². The summed E-state index contributed by atoms with van der Waals surface area (Å²) in [5.74, 6) is 0. The van der Waals surface area contributed by atoms with Crippen molar-refractivity contribution >= 4 is 21.2 Å². The van der Waals surface area contributed by atoms with Crippen LogP contribution >= 0.6 is 0 Å². The maximum Gasteiger partial charge on any atom is 0.177 e. The second-order valence-electron chi connectivity index (χ2n) is 6.25. The second kappa shape index (κ2) is 5.18. The standard InChI is InChI=1S/C15H23N3O2S/c1-17-11-6-7-12(17)10-18(9-8-11)13-4-3-5-14(15(13)16)21(2,19)20/h3-5,11-12H,6-10,16H2,1-2H3. The Kier molecular flexibility index (Phi) is 3.61. The fourth-order valence-electron chi connectivity index (χ4n) is 3.66. The predicted octanol–water partition coefficient (Wildman–Crippen LogP) is 1.35. The molecule has 3 rings (SSSR count). The van der Waals surface area contributed by atoms with Gasteiger partial charge in [-0.1, -0.05) is 6.07 Å². The Morgan fingerprint density at radius 3 is 2.62 bits per heavy atom. The first-order chi connectivity index (χ1) is 9.88. The summed E-state index contributed by atoms with van der Waals surface area (Å²) < 4.78 is 23.7. The van der Waals surface area contributed by atoms with Gasteiger partial charge >= 0.3 is 0 Å². The largest absolute Gasteiger partial charge is 0.396 e. The molecule has 2 heterocycles. The molecule has 0 aliphatic carbocycles. The molecule has 0 spiro atoms. The van der Waals surface area contributed by atoms with Gasteiger partial charge in [-0.05, 0) is 38.4 Å². The van der Waals surface area contributed by atoms with E-state index < -0.39 is 9.84 Å². The summed E-state index contributed by atoms with van der Waals surface area (Å²) in [4.78, 5) is 4.96. The summed E-state index contributed by atoms with van der Waals surface area (Å²) in [6.45, 7) is 1.85. The fourth-order valence-corrected chi connectivity index (χ4v) is 4.49. The van der Waals surface area contributed by atoms with E-state index in [1.54, 1.807) is 12.1 Å². The highest BCUT2D eigenvalue weighted by molar-refractivity contribution is 7.90. The van der Waals surface area contributed by atoms with E-state index in [0.29, 0.717) is 17.8 Å². The third-order valence-electron chi connectivity index (χ3n) is 4.93. The molecule has 2 saturated heterocycles. The topological polar surface area (TPSA) is 66.6 Å². The van der Waals surface area contributed by atoms with Gasteiger partial charge in [0.15, 0.2) is 9.84 Å². The normalized spacial score (nSPS) is 26.9. The first-order valence-electron chi connectivity index (χ1n) is 7.43. The molecule has 2 aliphatic rings. The number of hydrogen-bond acceptors (Lipinski definition) is 5. The van der Waals surface area contributed by atoms with Crippen LogP contribution in [0.5, 0.6) is 0 Å². The molecule has 2 bridgehead atoms. The molecule has 21 heavy (non-hydrogen) atoms. The lowest BCUT2D eigenvalue weighted by Gasteiger charge is -2.29. The minimum Gasteiger partial charge on any atom is -0.396 e. The van der Waals surface area contributed by atoms with Crippen LogP contribution in [0.15, 0.2) is 23.1 Å². The summed E-state index contributed by atoms with van der Waals surface area (Å²) in [5, 5.41) is 0. The van der Waals surface area contributed by atoms with Crippen molar-refractivity contribution in [1.29, 1.82) is 0 Å². The van der Waals surface area contributed by atoms with E-state index in [1.165, 1.54) is 19.1 Å². The van der Waals surface area contributed by atoms with Gasteiger partial charge < -0.3 is 10.6 Å². The van der Waals surface area contributed by atoms with Crippen LogP contribution in [0, 0.1) is 0 Å². The summed E-state index contributed by atoms with van der Waals surface area (Å²) in [6.07, 6.45) is 4.80. The monoisotopic (exact) mass is 309 g/mol. The summed E-state index contributed by atoms with van der Waals surface area (Å²) in [7, 11) is -1.09. The summed E-state index contributed by atoms with van der Waals surface area (Å²) in [5.41, 5.74) is 7.40. The lowest BCUT2D eigenvalue weighted by molar-refractivity contribution is 0.254. The molecule has 6 heteroatoms. The summed E-state index contributed by atoms with van der Waals surface area (Å²) >= 11 is 0. The Bertz CT molecular complexity index is 644. The predicted molar refractivity (Wildman–Crippen MR) is 85.4 cm³/mol. The van der Waals surface area contributed by atoms with Crippen molar-refractivity contribution in [3.63, 3.8) is 0 Å². The Morgan fingerprint density at radius 1 is 1.19 bits per heavy atom. The van der Waals surface area contributed by atoms with Crippen molar-refractivity contribution in [2.45, 2.75) is 36.2 Å². The van der Waals surface area contributed by atoms with E-state index in [1.807, 2.05) is 6.07 Å². The average Bonchev–Trinajstić information content (AvgIpc) is 2.63. The van der Waals surface area contributed by atoms with Crippen LogP contribution in [-0.2, 0) is 9.84 Å². The number of hydrogen-bond donors (Lipinski definition) is 1. The highest BCUT2D eigenvalue weighted by Crippen LogP contribution is 2.35.